The second kappa shape index (κ2) is 12.4. The number of furan rings is 1. The molecule has 1 aromatic carbocycles. The minimum atomic E-state index is -0.910. The molecule has 5 amide bonds. The number of urea groups is 1. The van der Waals surface area contributed by atoms with Gasteiger partial charge in [0.2, 0.25) is 5.91 Å². The van der Waals surface area contributed by atoms with Crippen molar-refractivity contribution < 1.29 is 42.3 Å². The fourth-order valence-electron chi connectivity index (χ4n) is 4.84. The molecular weight excluding hydrogens is 591 g/mol. The predicted molar refractivity (Wildman–Crippen MR) is 157 cm³/mol. The largest absolute Gasteiger partial charge is 0.494 e. The normalized spacial score (nSPS) is 14.7. The van der Waals surface area contributed by atoms with Gasteiger partial charge in [0.1, 0.15) is 11.3 Å². The van der Waals surface area contributed by atoms with Crippen LogP contribution < -0.4 is 20.3 Å². The molecule has 0 unspecified atom stereocenters. The molecule has 0 saturated carbocycles. The Kier molecular flexibility index (Phi) is 8.62. The van der Waals surface area contributed by atoms with E-state index >= 15 is 0 Å². The van der Waals surface area contributed by atoms with Crippen LogP contribution in [-0.4, -0.2) is 91.1 Å². The van der Waals surface area contributed by atoms with Crippen molar-refractivity contribution in [3.63, 3.8) is 0 Å². The lowest BCUT2D eigenvalue weighted by Gasteiger charge is -2.27. The minimum absolute atomic E-state index is 0.0106. The Hall–Kier alpha value is -5.21. The molecule has 238 valence electrons. The van der Waals surface area contributed by atoms with Crippen molar-refractivity contribution in [1.82, 2.24) is 25.4 Å². The highest BCUT2D eigenvalue weighted by Crippen LogP contribution is 2.30. The number of amides is 5. The van der Waals surface area contributed by atoms with Crippen LogP contribution in [0.1, 0.15) is 47.2 Å². The molecule has 0 bridgehead atoms. The van der Waals surface area contributed by atoms with Crippen molar-refractivity contribution >= 4 is 46.6 Å². The van der Waals surface area contributed by atoms with E-state index in [-0.39, 0.29) is 54.7 Å². The van der Waals surface area contributed by atoms with Crippen molar-refractivity contribution in [2.75, 3.05) is 51.5 Å². The second-order valence-corrected chi connectivity index (χ2v) is 11.6. The lowest BCUT2D eigenvalue weighted by molar-refractivity contribution is -0.155. The van der Waals surface area contributed by atoms with Crippen LogP contribution in [0.5, 0.6) is 5.75 Å². The molecule has 2 aliphatic heterocycles. The van der Waals surface area contributed by atoms with Gasteiger partial charge in [0.25, 0.3) is 11.8 Å². The maximum atomic E-state index is 14.7. The first-order chi connectivity index (χ1) is 21.4. The highest BCUT2D eigenvalue weighted by atomic mass is 19.1. The molecule has 14 nitrogen and oxygen atoms in total. The molecule has 3 aromatic rings. The fourth-order valence-corrected chi connectivity index (χ4v) is 4.84. The summed E-state index contributed by atoms with van der Waals surface area (Å²) in [5, 5.41) is 5.30. The van der Waals surface area contributed by atoms with Crippen LogP contribution in [0.25, 0.3) is 11.1 Å². The van der Waals surface area contributed by atoms with Gasteiger partial charge in [0.05, 0.1) is 24.6 Å². The van der Waals surface area contributed by atoms with Gasteiger partial charge in [-0.3, -0.25) is 19.2 Å². The van der Waals surface area contributed by atoms with E-state index in [9.17, 15) is 28.4 Å². The Labute approximate surface area is 257 Å². The highest BCUT2D eigenvalue weighted by molar-refractivity contribution is 6.04. The number of nitrogens with zero attached hydrogens (tertiary/aromatic N) is 4. The molecule has 15 heteroatoms. The number of aromatic nitrogens is 1. The van der Waals surface area contributed by atoms with Gasteiger partial charge in [-0.2, -0.15) is 0 Å². The standard InChI is InChI=1S/C30H33FN6O8/c1-30(2,3)28(41)44-16-37(29(42)33-10-12-36-14-17-5-6-20(43-4)25(31)24(17)27(36)40)26(39)21-13-18-19(45-21)7-8-22(34-18)35-11-9-32-23(38)15-35/h5-8,13H,9-12,14-16H2,1-4H3,(H,32,38)(H,33,42). The summed E-state index contributed by atoms with van der Waals surface area (Å²) in [5.74, 6) is -2.75. The van der Waals surface area contributed by atoms with E-state index in [2.05, 4.69) is 15.6 Å². The number of esters is 1. The quantitative estimate of drug-likeness (QED) is 0.281. The van der Waals surface area contributed by atoms with Crippen LogP contribution in [0.3, 0.4) is 0 Å². The number of anilines is 1. The molecule has 0 spiro atoms. The number of pyridine rings is 1. The molecule has 45 heavy (non-hydrogen) atoms. The number of rotatable bonds is 8. The van der Waals surface area contributed by atoms with Crippen molar-refractivity contribution in [3.05, 3.63) is 53.0 Å². The van der Waals surface area contributed by atoms with Crippen LogP contribution in [0.15, 0.2) is 34.7 Å². The number of halogens is 1. The van der Waals surface area contributed by atoms with E-state index in [4.69, 9.17) is 13.9 Å². The molecule has 2 aromatic heterocycles. The topological polar surface area (TPSA) is 164 Å². The van der Waals surface area contributed by atoms with E-state index in [1.807, 2.05) is 0 Å². The number of hydrogen-bond acceptors (Lipinski definition) is 10. The number of ether oxygens (including phenoxy) is 2. The van der Waals surface area contributed by atoms with Gasteiger partial charge in [-0.25, -0.2) is 19.1 Å². The number of benzene rings is 1. The second-order valence-electron chi connectivity index (χ2n) is 11.6. The molecule has 2 N–H and O–H groups in total. The summed E-state index contributed by atoms with van der Waals surface area (Å²) in [4.78, 5) is 72.2. The molecule has 4 heterocycles. The molecule has 1 saturated heterocycles. The van der Waals surface area contributed by atoms with Crippen LogP contribution in [-0.2, 0) is 20.9 Å². The Morgan fingerprint density at radius 1 is 1.16 bits per heavy atom. The Balaban J connectivity index is 1.29. The Morgan fingerprint density at radius 3 is 2.64 bits per heavy atom. The van der Waals surface area contributed by atoms with Crippen molar-refractivity contribution in [2.45, 2.75) is 27.3 Å². The summed E-state index contributed by atoms with van der Waals surface area (Å²) in [5.41, 5.74) is 0.0909. The van der Waals surface area contributed by atoms with Crippen LogP contribution in [0.4, 0.5) is 15.0 Å². The zero-order valence-corrected chi connectivity index (χ0v) is 25.3. The van der Waals surface area contributed by atoms with Crippen molar-refractivity contribution in [1.29, 1.82) is 0 Å². The fraction of sp³-hybridized carbons (Fsp3) is 0.400. The Morgan fingerprint density at radius 2 is 1.93 bits per heavy atom. The van der Waals surface area contributed by atoms with Gasteiger partial charge in [-0.05, 0) is 44.5 Å². The number of imide groups is 1. The maximum absolute atomic E-state index is 14.7. The van der Waals surface area contributed by atoms with Gasteiger partial charge in [0.15, 0.2) is 29.6 Å². The summed E-state index contributed by atoms with van der Waals surface area (Å²) < 4.78 is 30.6. The smallest absolute Gasteiger partial charge is 0.327 e. The lowest BCUT2D eigenvalue weighted by Crippen LogP contribution is -2.48. The summed E-state index contributed by atoms with van der Waals surface area (Å²) in [6, 6.07) is 6.76. The molecule has 0 aliphatic carbocycles. The number of piperazine rings is 1. The van der Waals surface area contributed by atoms with E-state index < -0.39 is 41.8 Å². The third-order valence-corrected chi connectivity index (χ3v) is 7.29. The van der Waals surface area contributed by atoms with E-state index in [1.165, 1.54) is 24.1 Å². The van der Waals surface area contributed by atoms with Crippen LogP contribution >= 0.6 is 0 Å². The molecule has 0 radical (unpaired) electrons. The third kappa shape index (κ3) is 6.51. The molecule has 0 atom stereocenters. The lowest BCUT2D eigenvalue weighted by atomic mass is 9.98. The predicted octanol–water partition coefficient (Wildman–Crippen LogP) is 2.27. The Bertz CT molecular complexity index is 1680. The number of nitrogens with one attached hydrogen (secondary N) is 2. The average molecular weight is 625 g/mol. The number of fused-ring (bicyclic) bond motifs is 2. The number of hydrogen-bond donors (Lipinski definition) is 2. The first-order valence-corrected chi connectivity index (χ1v) is 14.2. The summed E-state index contributed by atoms with van der Waals surface area (Å²) in [6.07, 6.45) is 0. The first-order valence-electron chi connectivity index (χ1n) is 14.2. The third-order valence-electron chi connectivity index (χ3n) is 7.29. The van der Waals surface area contributed by atoms with Gasteiger partial charge in [-0.1, -0.05) is 6.07 Å². The van der Waals surface area contributed by atoms with Crippen LogP contribution in [0, 0.1) is 11.2 Å². The zero-order chi connectivity index (χ0) is 32.5. The van der Waals surface area contributed by atoms with Gasteiger partial charge < -0.3 is 34.3 Å². The van der Waals surface area contributed by atoms with Gasteiger partial charge >= 0.3 is 12.0 Å². The first kappa shape index (κ1) is 31.2. The summed E-state index contributed by atoms with van der Waals surface area (Å²) in [6.45, 7) is 5.37. The van der Waals surface area contributed by atoms with Gasteiger partial charge in [0, 0.05) is 38.8 Å². The van der Waals surface area contributed by atoms with Gasteiger partial charge in [-0.15, -0.1) is 0 Å². The molecular formula is C30H33FN6O8. The highest BCUT2D eigenvalue weighted by Gasteiger charge is 2.33. The van der Waals surface area contributed by atoms with E-state index in [0.717, 1.165) is 0 Å². The van der Waals surface area contributed by atoms with Crippen LogP contribution in [0.2, 0.25) is 0 Å². The summed E-state index contributed by atoms with van der Waals surface area (Å²) >= 11 is 0. The maximum Gasteiger partial charge on any atom is 0.327 e. The van der Waals surface area contributed by atoms with E-state index in [0.29, 0.717) is 34.9 Å². The minimum Gasteiger partial charge on any atom is -0.494 e. The van der Waals surface area contributed by atoms with E-state index in [1.54, 1.807) is 43.9 Å². The van der Waals surface area contributed by atoms with Crippen molar-refractivity contribution in [3.8, 4) is 5.75 Å². The number of carbonyl (C=O) groups excluding carboxylic acids is 5. The number of methoxy groups -OCH3 is 1. The van der Waals surface area contributed by atoms with Crippen molar-refractivity contribution in [2.24, 2.45) is 5.41 Å². The molecule has 1 fully saturated rings. The summed E-state index contributed by atoms with van der Waals surface area (Å²) in [7, 11) is 1.30. The monoisotopic (exact) mass is 624 g/mol. The SMILES string of the molecule is COc1ccc2c(c1F)C(=O)N(CCNC(=O)N(COC(=O)C(C)(C)C)C(=O)c1cc3nc(N4CCNC(=O)C4)ccc3o1)C2. The average Bonchev–Trinajstić information content (AvgIpc) is 3.57. The number of carbonyl (C=O) groups is 5. The molecule has 2 aliphatic rings. The molecule has 5 rings (SSSR count). The zero-order valence-electron chi connectivity index (χ0n) is 25.3.